The Kier molecular flexibility index (Phi) is 6.15. The molecule has 3 rings (SSSR count). The average Bonchev–Trinajstić information content (AvgIpc) is 2.71. The second kappa shape index (κ2) is 8.59. The Hall–Kier alpha value is -2.96. The standard InChI is InChI=1S/C22H22ClN3O3/c1-5-14-10-15-11-16(12-17(23)19(15)25-13-14)29-21(28-4)20(27)26-22(2,3)18-8-6-7-9-24-18/h5-13,21H,1H2,2-4H3,(H,26,27). The first-order valence-corrected chi connectivity index (χ1v) is 9.36. The highest BCUT2D eigenvalue weighted by Gasteiger charge is 2.29. The Balaban J connectivity index is 1.82. The van der Waals surface area contributed by atoms with Gasteiger partial charge in [0, 0.05) is 31.0 Å². The molecular formula is C22H22ClN3O3. The third-order valence-corrected chi connectivity index (χ3v) is 4.67. The lowest BCUT2D eigenvalue weighted by Crippen LogP contribution is -2.48. The van der Waals surface area contributed by atoms with Crippen LogP contribution in [0.3, 0.4) is 0 Å². The van der Waals surface area contributed by atoms with Gasteiger partial charge in [0.1, 0.15) is 5.75 Å². The van der Waals surface area contributed by atoms with E-state index in [1.807, 2.05) is 38.1 Å². The van der Waals surface area contributed by atoms with Crippen molar-refractivity contribution in [3.8, 4) is 5.75 Å². The van der Waals surface area contributed by atoms with E-state index in [9.17, 15) is 4.79 Å². The van der Waals surface area contributed by atoms with Crippen LogP contribution in [-0.2, 0) is 15.1 Å². The van der Waals surface area contributed by atoms with Crippen molar-refractivity contribution in [3.63, 3.8) is 0 Å². The number of halogens is 1. The van der Waals surface area contributed by atoms with Crippen LogP contribution in [0.4, 0.5) is 0 Å². The fraction of sp³-hybridized carbons (Fsp3) is 0.227. The molecule has 2 heterocycles. The molecule has 6 nitrogen and oxygen atoms in total. The number of benzene rings is 1. The quantitative estimate of drug-likeness (QED) is 0.586. The van der Waals surface area contributed by atoms with E-state index >= 15 is 0 Å². The fourth-order valence-electron chi connectivity index (χ4n) is 2.87. The lowest BCUT2D eigenvalue weighted by Gasteiger charge is -2.28. The minimum atomic E-state index is -1.16. The molecule has 0 saturated carbocycles. The molecule has 1 amide bonds. The second-order valence-corrected chi connectivity index (χ2v) is 7.37. The number of carbonyl (C=O) groups excluding carboxylic acids is 1. The molecule has 7 heteroatoms. The van der Waals surface area contributed by atoms with Crippen molar-refractivity contribution < 1.29 is 14.3 Å². The summed E-state index contributed by atoms with van der Waals surface area (Å²) in [5, 5.41) is 4.09. The van der Waals surface area contributed by atoms with Crippen LogP contribution in [0.15, 0.2) is 55.4 Å². The van der Waals surface area contributed by atoms with Crippen molar-refractivity contribution in [3.05, 3.63) is 71.7 Å². The smallest absolute Gasteiger partial charge is 0.290 e. The summed E-state index contributed by atoms with van der Waals surface area (Å²) in [7, 11) is 1.40. The fourth-order valence-corrected chi connectivity index (χ4v) is 3.14. The van der Waals surface area contributed by atoms with Gasteiger partial charge >= 0.3 is 0 Å². The van der Waals surface area contributed by atoms with Gasteiger partial charge in [0.2, 0.25) is 0 Å². The van der Waals surface area contributed by atoms with E-state index in [1.165, 1.54) is 7.11 Å². The molecule has 0 saturated heterocycles. The third-order valence-electron chi connectivity index (χ3n) is 4.38. The van der Waals surface area contributed by atoms with Gasteiger partial charge in [-0.15, -0.1) is 0 Å². The van der Waals surface area contributed by atoms with Gasteiger partial charge in [-0.05, 0) is 43.7 Å². The molecule has 1 atom stereocenters. The van der Waals surface area contributed by atoms with E-state index in [1.54, 1.807) is 30.6 Å². The third kappa shape index (κ3) is 4.72. The number of nitrogens with one attached hydrogen (secondary N) is 1. The van der Waals surface area contributed by atoms with Crippen LogP contribution < -0.4 is 10.1 Å². The number of hydrogen-bond acceptors (Lipinski definition) is 5. The van der Waals surface area contributed by atoms with Crippen molar-refractivity contribution in [2.75, 3.05) is 7.11 Å². The zero-order valence-electron chi connectivity index (χ0n) is 16.5. The monoisotopic (exact) mass is 411 g/mol. The Morgan fingerprint density at radius 1 is 1.28 bits per heavy atom. The van der Waals surface area contributed by atoms with Crippen molar-refractivity contribution >= 4 is 34.5 Å². The molecule has 1 N–H and O–H groups in total. The number of amides is 1. The predicted octanol–water partition coefficient (Wildman–Crippen LogP) is 4.33. The predicted molar refractivity (Wildman–Crippen MR) is 114 cm³/mol. The van der Waals surface area contributed by atoms with Crippen LogP contribution in [0, 0.1) is 0 Å². The number of hydrogen-bond donors (Lipinski definition) is 1. The first-order chi connectivity index (χ1) is 13.8. The van der Waals surface area contributed by atoms with Crippen molar-refractivity contribution in [1.82, 2.24) is 15.3 Å². The van der Waals surface area contributed by atoms with E-state index < -0.39 is 17.7 Å². The Bertz CT molecular complexity index is 1040. The lowest BCUT2D eigenvalue weighted by molar-refractivity contribution is -0.150. The summed E-state index contributed by atoms with van der Waals surface area (Å²) >= 11 is 6.33. The highest BCUT2D eigenvalue weighted by molar-refractivity contribution is 6.35. The molecule has 29 heavy (non-hydrogen) atoms. The summed E-state index contributed by atoms with van der Waals surface area (Å²) in [6, 6.07) is 10.8. The minimum absolute atomic E-state index is 0.392. The number of rotatable bonds is 7. The van der Waals surface area contributed by atoms with Gasteiger partial charge in [-0.25, -0.2) is 0 Å². The molecule has 0 aliphatic rings. The number of fused-ring (bicyclic) bond motifs is 1. The molecule has 0 bridgehead atoms. The normalized spacial score (nSPS) is 12.4. The molecule has 0 aliphatic heterocycles. The number of ether oxygens (including phenoxy) is 2. The van der Waals surface area contributed by atoms with E-state index in [0.717, 1.165) is 16.6 Å². The highest BCUT2D eigenvalue weighted by Crippen LogP contribution is 2.29. The molecule has 1 aromatic carbocycles. The minimum Gasteiger partial charge on any atom is -0.455 e. The number of pyridine rings is 2. The van der Waals surface area contributed by atoms with Gasteiger partial charge in [0.05, 0.1) is 21.8 Å². The largest absolute Gasteiger partial charge is 0.455 e. The molecule has 150 valence electrons. The number of aromatic nitrogens is 2. The Labute approximate surface area is 174 Å². The molecule has 2 aromatic heterocycles. The zero-order chi connectivity index (χ0) is 21.0. The molecule has 1 unspecified atom stereocenters. The number of carbonyl (C=O) groups is 1. The first-order valence-electron chi connectivity index (χ1n) is 8.99. The van der Waals surface area contributed by atoms with Gasteiger partial charge in [0.15, 0.2) is 0 Å². The van der Waals surface area contributed by atoms with Crippen LogP contribution in [0.2, 0.25) is 5.02 Å². The van der Waals surface area contributed by atoms with Gasteiger partial charge in [-0.1, -0.05) is 30.3 Å². The van der Waals surface area contributed by atoms with Gasteiger partial charge < -0.3 is 14.8 Å². The Morgan fingerprint density at radius 3 is 2.72 bits per heavy atom. The summed E-state index contributed by atoms with van der Waals surface area (Å²) in [5.74, 6) is -0.0412. The first kappa shape index (κ1) is 20.8. The van der Waals surface area contributed by atoms with Crippen molar-refractivity contribution in [2.45, 2.75) is 25.7 Å². The van der Waals surface area contributed by atoms with Gasteiger partial charge in [0.25, 0.3) is 12.2 Å². The molecule has 0 aliphatic carbocycles. The van der Waals surface area contributed by atoms with E-state index in [2.05, 4.69) is 21.9 Å². The van der Waals surface area contributed by atoms with Gasteiger partial charge in [-0.2, -0.15) is 0 Å². The van der Waals surface area contributed by atoms with Crippen LogP contribution in [0.1, 0.15) is 25.1 Å². The van der Waals surface area contributed by atoms with Crippen LogP contribution >= 0.6 is 11.6 Å². The van der Waals surface area contributed by atoms with Crippen molar-refractivity contribution in [2.24, 2.45) is 0 Å². The number of nitrogens with zero attached hydrogens (tertiary/aromatic N) is 2. The van der Waals surface area contributed by atoms with Crippen LogP contribution in [-0.4, -0.2) is 29.3 Å². The summed E-state index contributed by atoms with van der Waals surface area (Å²) in [6.07, 6.45) is 3.89. The second-order valence-electron chi connectivity index (χ2n) is 6.96. The maximum absolute atomic E-state index is 12.8. The summed E-state index contributed by atoms with van der Waals surface area (Å²) in [6.45, 7) is 7.46. The molecular weight excluding hydrogens is 390 g/mol. The van der Waals surface area contributed by atoms with Crippen LogP contribution in [0.25, 0.3) is 17.0 Å². The molecule has 0 spiro atoms. The maximum atomic E-state index is 12.8. The number of methoxy groups -OCH3 is 1. The van der Waals surface area contributed by atoms with E-state index in [4.69, 9.17) is 21.1 Å². The highest BCUT2D eigenvalue weighted by atomic mass is 35.5. The van der Waals surface area contributed by atoms with E-state index in [-0.39, 0.29) is 0 Å². The summed E-state index contributed by atoms with van der Waals surface area (Å²) < 4.78 is 11.0. The van der Waals surface area contributed by atoms with E-state index in [0.29, 0.717) is 16.3 Å². The maximum Gasteiger partial charge on any atom is 0.290 e. The topological polar surface area (TPSA) is 73.3 Å². The molecule has 0 fully saturated rings. The van der Waals surface area contributed by atoms with Crippen LogP contribution in [0.5, 0.6) is 5.75 Å². The SMILES string of the molecule is C=Cc1cnc2c(Cl)cc(OC(OC)C(=O)NC(C)(C)c3ccccn3)cc2c1. The lowest BCUT2D eigenvalue weighted by atomic mass is 10.00. The Morgan fingerprint density at radius 2 is 2.07 bits per heavy atom. The van der Waals surface area contributed by atoms with Gasteiger partial charge in [-0.3, -0.25) is 14.8 Å². The molecule has 0 radical (unpaired) electrons. The van der Waals surface area contributed by atoms with Crippen molar-refractivity contribution in [1.29, 1.82) is 0 Å². The average molecular weight is 412 g/mol. The summed E-state index contributed by atoms with van der Waals surface area (Å²) in [5.41, 5.74) is 1.51. The zero-order valence-corrected chi connectivity index (χ0v) is 17.2. The summed E-state index contributed by atoms with van der Waals surface area (Å²) in [4.78, 5) is 21.4. The molecule has 3 aromatic rings.